The number of fused-ring (bicyclic) bond motifs is 1. The molecule has 2 aromatic heterocycles. The van der Waals surface area contributed by atoms with E-state index in [0.717, 1.165) is 37.6 Å². The maximum absolute atomic E-state index is 4.50. The van der Waals surface area contributed by atoms with Crippen LogP contribution in [-0.4, -0.2) is 31.2 Å². The van der Waals surface area contributed by atoms with Crippen molar-refractivity contribution in [2.24, 2.45) is 7.05 Å². The number of rotatable bonds is 2. The van der Waals surface area contributed by atoms with E-state index in [4.69, 9.17) is 0 Å². The summed E-state index contributed by atoms with van der Waals surface area (Å²) < 4.78 is 1.85. The van der Waals surface area contributed by atoms with Gasteiger partial charge < -0.3 is 0 Å². The fourth-order valence-corrected chi connectivity index (χ4v) is 2.39. The molecule has 0 bridgehead atoms. The number of nitrogens with zero attached hydrogens (tertiary/aromatic N) is 5. The van der Waals surface area contributed by atoms with Crippen LogP contribution in [0.2, 0.25) is 0 Å². The molecule has 94 valence electrons. The number of aryl methyl sites for hydroxylation is 2. The number of hydrogen-bond acceptors (Lipinski definition) is 4. The maximum atomic E-state index is 4.50. The minimum atomic E-state index is 0.868. The second-order valence-electron chi connectivity index (χ2n) is 4.83. The molecular weight excluding hydrogens is 226 g/mol. The molecule has 5 heteroatoms. The van der Waals surface area contributed by atoms with E-state index in [1.54, 1.807) is 0 Å². The lowest BCUT2D eigenvalue weighted by molar-refractivity contribution is 0.239. The fraction of sp³-hybridized carbons (Fsp3) is 0.462. The lowest BCUT2D eigenvalue weighted by atomic mass is 10.1. The van der Waals surface area contributed by atoms with Crippen LogP contribution >= 0.6 is 0 Å². The maximum Gasteiger partial charge on any atom is 0.125 e. The van der Waals surface area contributed by atoms with Crippen LogP contribution in [0.3, 0.4) is 0 Å². The highest BCUT2D eigenvalue weighted by atomic mass is 15.3. The van der Waals surface area contributed by atoms with Gasteiger partial charge in [-0.2, -0.15) is 5.10 Å². The van der Waals surface area contributed by atoms with Gasteiger partial charge in [-0.25, -0.2) is 9.97 Å². The van der Waals surface area contributed by atoms with E-state index >= 15 is 0 Å². The van der Waals surface area contributed by atoms with Gasteiger partial charge >= 0.3 is 0 Å². The average Bonchev–Trinajstić information content (AvgIpc) is 2.75. The molecule has 0 unspecified atom stereocenters. The first-order valence-corrected chi connectivity index (χ1v) is 6.23. The third kappa shape index (κ3) is 2.26. The summed E-state index contributed by atoms with van der Waals surface area (Å²) in [6.45, 7) is 4.81. The predicted octanol–water partition coefficient (Wildman–Crippen LogP) is 1.08. The summed E-state index contributed by atoms with van der Waals surface area (Å²) in [4.78, 5) is 11.2. The summed E-state index contributed by atoms with van der Waals surface area (Å²) in [6, 6.07) is 2.07. The van der Waals surface area contributed by atoms with Crippen molar-refractivity contribution in [2.45, 2.75) is 26.4 Å². The molecule has 0 radical (unpaired) electrons. The molecule has 2 aromatic rings. The van der Waals surface area contributed by atoms with Gasteiger partial charge in [0, 0.05) is 56.8 Å². The van der Waals surface area contributed by atoms with E-state index < -0.39 is 0 Å². The third-order valence-electron chi connectivity index (χ3n) is 3.29. The first kappa shape index (κ1) is 11.3. The molecule has 1 aliphatic rings. The van der Waals surface area contributed by atoms with E-state index in [1.165, 1.54) is 11.3 Å². The molecule has 5 nitrogen and oxygen atoms in total. The van der Waals surface area contributed by atoms with Crippen molar-refractivity contribution in [1.29, 1.82) is 0 Å². The molecule has 3 heterocycles. The largest absolute Gasteiger partial charge is 0.293 e. The quantitative estimate of drug-likeness (QED) is 0.792. The van der Waals surface area contributed by atoms with Gasteiger partial charge in [0.2, 0.25) is 0 Å². The molecule has 0 saturated heterocycles. The topological polar surface area (TPSA) is 46.8 Å². The van der Waals surface area contributed by atoms with Crippen molar-refractivity contribution in [1.82, 2.24) is 24.6 Å². The highest BCUT2D eigenvalue weighted by molar-refractivity contribution is 5.20. The smallest absolute Gasteiger partial charge is 0.125 e. The van der Waals surface area contributed by atoms with E-state index in [2.05, 4.69) is 26.0 Å². The summed E-state index contributed by atoms with van der Waals surface area (Å²) >= 11 is 0. The second kappa shape index (κ2) is 4.49. The molecule has 0 fully saturated rings. The number of aromatic nitrogens is 4. The van der Waals surface area contributed by atoms with Crippen molar-refractivity contribution >= 4 is 0 Å². The summed E-state index contributed by atoms with van der Waals surface area (Å²) in [6.07, 6.45) is 4.95. The first-order valence-electron chi connectivity index (χ1n) is 6.23. The highest BCUT2D eigenvalue weighted by Gasteiger charge is 2.18. The molecule has 3 rings (SSSR count). The highest BCUT2D eigenvalue weighted by Crippen LogP contribution is 2.17. The van der Waals surface area contributed by atoms with Gasteiger partial charge in [0.1, 0.15) is 5.82 Å². The normalized spacial score (nSPS) is 15.7. The zero-order chi connectivity index (χ0) is 12.5. The Labute approximate surface area is 106 Å². The Balaban J connectivity index is 1.73. The lowest BCUT2D eigenvalue weighted by Gasteiger charge is -2.27. The zero-order valence-corrected chi connectivity index (χ0v) is 10.8. The summed E-state index contributed by atoms with van der Waals surface area (Å²) in [5, 5.41) is 4.42. The summed E-state index contributed by atoms with van der Waals surface area (Å²) in [5.41, 5.74) is 3.58. The average molecular weight is 243 g/mol. The summed E-state index contributed by atoms with van der Waals surface area (Å²) in [7, 11) is 1.95. The standard InChI is InChI=1S/C13H17N5/c1-10-14-7-11-8-18(6-4-13(11)15-10)9-12-3-5-17(2)16-12/h3,5,7H,4,6,8-9H2,1-2H3. The van der Waals surface area contributed by atoms with Crippen LogP contribution in [0.25, 0.3) is 0 Å². The van der Waals surface area contributed by atoms with Crippen LogP contribution in [0.15, 0.2) is 18.5 Å². The monoisotopic (exact) mass is 243 g/mol. The molecule has 0 aliphatic carbocycles. The first-order chi connectivity index (χ1) is 8.70. The van der Waals surface area contributed by atoms with E-state index in [1.807, 2.05) is 31.0 Å². The second-order valence-corrected chi connectivity index (χ2v) is 4.83. The molecule has 0 atom stereocenters. The van der Waals surface area contributed by atoms with E-state index in [0.29, 0.717) is 0 Å². The predicted molar refractivity (Wildman–Crippen MR) is 67.8 cm³/mol. The SMILES string of the molecule is Cc1ncc2c(n1)CCN(Cc1ccn(C)n1)C2. The van der Waals surface area contributed by atoms with Gasteiger partial charge in [-0.1, -0.05) is 0 Å². The van der Waals surface area contributed by atoms with Crippen molar-refractivity contribution < 1.29 is 0 Å². The van der Waals surface area contributed by atoms with Crippen LogP contribution in [0.1, 0.15) is 22.8 Å². The number of hydrogen-bond donors (Lipinski definition) is 0. The summed E-state index contributed by atoms with van der Waals surface area (Å²) in [5.74, 6) is 0.868. The van der Waals surface area contributed by atoms with Crippen molar-refractivity contribution in [3.05, 3.63) is 41.2 Å². The van der Waals surface area contributed by atoms with Gasteiger partial charge in [-0.3, -0.25) is 9.58 Å². The van der Waals surface area contributed by atoms with Gasteiger partial charge in [0.15, 0.2) is 0 Å². The van der Waals surface area contributed by atoms with Gasteiger partial charge in [-0.15, -0.1) is 0 Å². The van der Waals surface area contributed by atoms with Crippen LogP contribution in [0.5, 0.6) is 0 Å². The van der Waals surface area contributed by atoms with Gasteiger partial charge in [0.05, 0.1) is 5.69 Å². The zero-order valence-electron chi connectivity index (χ0n) is 10.8. The Kier molecular flexibility index (Phi) is 2.83. The van der Waals surface area contributed by atoms with Crippen molar-refractivity contribution in [3.8, 4) is 0 Å². The Morgan fingerprint density at radius 1 is 1.39 bits per heavy atom. The van der Waals surface area contributed by atoms with Crippen LogP contribution in [0.4, 0.5) is 0 Å². The Bertz CT molecular complexity index is 560. The third-order valence-corrected chi connectivity index (χ3v) is 3.29. The minimum absolute atomic E-state index is 0.868. The fourth-order valence-electron chi connectivity index (χ4n) is 2.39. The lowest BCUT2D eigenvalue weighted by Crippen LogP contribution is -2.31. The van der Waals surface area contributed by atoms with Gasteiger partial charge in [-0.05, 0) is 13.0 Å². The molecule has 0 spiro atoms. The van der Waals surface area contributed by atoms with E-state index in [9.17, 15) is 0 Å². The molecule has 0 N–H and O–H groups in total. The van der Waals surface area contributed by atoms with Gasteiger partial charge in [0.25, 0.3) is 0 Å². The Hall–Kier alpha value is -1.75. The Morgan fingerprint density at radius 3 is 3.06 bits per heavy atom. The van der Waals surface area contributed by atoms with Crippen molar-refractivity contribution in [2.75, 3.05) is 6.54 Å². The van der Waals surface area contributed by atoms with Crippen LogP contribution < -0.4 is 0 Å². The molecule has 18 heavy (non-hydrogen) atoms. The molecule has 0 amide bonds. The van der Waals surface area contributed by atoms with Crippen LogP contribution in [-0.2, 0) is 26.6 Å². The Morgan fingerprint density at radius 2 is 2.28 bits per heavy atom. The van der Waals surface area contributed by atoms with Crippen molar-refractivity contribution in [3.63, 3.8) is 0 Å². The molecule has 0 aromatic carbocycles. The molecular formula is C13H17N5. The molecule has 1 aliphatic heterocycles. The van der Waals surface area contributed by atoms with E-state index in [-0.39, 0.29) is 0 Å². The van der Waals surface area contributed by atoms with Crippen LogP contribution in [0, 0.1) is 6.92 Å². The minimum Gasteiger partial charge on any atom is -0.293 e. The molecule has 0 saturated carbocycles.